The molecule has 1 heterocycles. The molecule has 0 fully saturated rings. The van der Waals surface area contributed by atoms with E-state index in [1.54, 1.807) is 12.1 Å². The zero-order valence-corrected chi connectivity index (χ0v) is 23.1. The summed E-state index contributed by atoms with van der Waals surface area (Å²) in [5.74, 6) is 2.43. The minimum Gasteiger partial charge on any atom is -0.492 e. The third kappa shape index (κ3) is 6.35. The Hall–Kier alpha value is -4.55. The number of fused-ring (bicyclic) bond motifs is 1. The maximum absolute atomic E-state index is 12.6. The first-order valence-corrected chi connectivity index (χ1v) is 13.4. The highest BCUT2D eigenvalue weighted by molar-refractivity contribution is 5.99. The molecule has 0 amide bonds. The van der Waals surface area contributed by atoms with Crippen LogP contribution in [0, 0.1) is 0 Å². The van der Waals surface area contributed by atoms with Gasteiger partial charge in [-0.2, -0.15) is 0 Å². The summed E-state index contributed by atoms with van der Waals surface area (Å²) >= 11 is 0. The number of benzene rings is 4. The standard InChI is InChI=1S/C34H33NO5/c1-4-30(27-14-19-31-32(22-27)39-23-38-31)33(24-10-15-28(16-11-24)37-21-20-35(2)3)25-12-17-29(18-13-25)40-34(36)26-8-6-5-7-9-26/h5-19,22H,4,20-21,23H2,1-3H3/b33-30+. The lowest BCUT2D eigenvalue weighted by atomic mass is 9.88. The van der Waals surface area contributed by atoms with E-state index in [0.29, 0.717) is 17.9 Å². The lowest BCUT2D eigenvalue weighted by Crippen LogP contribution is -2.19. The molecule has 0 saturated heterocycles. The Balaban J connectivity index is 1.49. The summed E-state index contributed by atoms with van der Waals surface area (Å²) in [6, 6.07) is 30.9. The predicted molar refractivity (Wildman–Crippen MR) is 157 cm³/mol. The van der Waals surface area contributed by atoms with E-state index in [-0.39, 0.29) is 12.8 Å². The molecule has 1 aliphatic heterocycles. The summed E-state index contributed by atoms with van der Waals surface area (Å²) in [4.78, 5) is 14.7. The van der Waals surface area contributed by atoms with Gasteiger partial charge in [0.15, 0.2) is 11.5 Å². The Morgan fingerprint density at radius 2 is 1.38 bits per heavy atom. The maximum Gasteiger partial charge on any atom is 0.343 e. The van der Waals surface area contributed by atoms with Gasteiger partial charge >= 0.3 is 5.97 Å². The third-order valence-corrected chi connectivity index (χ3v) is 6.69. The molecule has 4 aromatic carbocycles. The normalized spacial score (nSPS) is 12.7. The number of likely N-dealkylation sites (N-methyl/N-ethyl adjacent to an activating group) is 1. The second kappa shape index (κ2) is 12.5. The van der Waals surface area contributed by atoms with Crippen LogP contribution in [-0.2, 0) is 0 Å². The molecule has 0 spiro atoms. The van der Waals surface area contributed by atoms with E-state index in [1.807, 2.05) is 80.8 Å². The van der Waals surface area contributed by atoms with Gasteiger partial charge < -0.3 is 23.8 Å². The molecule has 0 aliphatic carbocycles. The fourth-order valence-electron chi connectivity index (χ4n) is 4.62. The molecule has 0 atom stereocenters. The molecule has 0 saturated carbocycles. The van der Waals surface area contributed by atoms with Gasteiger partial charge in [-0.15, -0.1) is 0 Å². The monoisotopic (exact) mass is 535 g/mol. The largest absolute Gasteiger partial charge is 0.492 e. The van der Waals surface area contributed by atoms with Gasteiger partial charge in [-0.25, -0.2) is 4.79 Å². The van der Waals surface area contributed by atoms with Crippen LogP contribution in [0.25, 0.3) is 11.1 Å². The summed E-state index contributed by atoms with van der Waals surface area (Å²) in [7, 11) is 4.06. The van der Waals surface area contributed by atoms with Crippen LogP contribution in [-0.4, -0.2) is 44.9 Å². The molecule has 0 unspecified atom stereocenters. The van der Waals surface area contributed by atoms with Gasteiger partial charge in [-0.1, -0.05) is 55.5 Å². The summed E-state index contributed by atoms with van der Waals surface area (Å²) in [6.45, 7) is 3.84. The Morgan fingerprint density at radius 3 is 2.02 bits per heavy atom. The number of carbonyl (C=O) groups excluding carboxylic acids is 1. The van der Waals surface area contributed by atoms with E-state index in [1.165, 1.54) is 0 Å². The van der Waals surface area contributed by atoms with Gasteiger partial charge in [0.25, 0.3) is 0 Å². The molecule has 5 rings (SSSR count). The van der Waals surface area contributed by atoms with Gasteiger partial charge in [-0.05, 0) is 96.9 Å². The molecular weight excluding hydrogens is 502 g/mol. The molecule has 0 aromatic heterocycles. The molecule has 40 heavy (non-hydrogen) atoms. The molecule has 6 nitrogen and oxygen atoms in total. The van der Waals surface area contributed by atoms with Crippen LogP contribution in [0.15, 0.2) is 97.1 Å². The van der Waals surface area contributed by atoms with E-state index in [9.17, 15) is 4.79 Å². The fourth-order valence-corrected chi connectivity index (χ4v) is 4.62. The van der Waals surface area contributed by atoms with Crippen LogP contribution in [0.3, 0.4) is 0 Å². The molecule has 1 aliphatic rings. The molecule has 0 radical (unpaired) electrons. The molecule has 0 bridgehead atoms. The molecule has 6 heteroatoms. The molecule has 4 aromatic rings. The van der Waals surface area contributed by atoms with Crippen molar-refractivity contribution in [2.75, 3.05) is 34.0 Å². The van der Waals surface area contributed by atoms with Gasteiger partial charge in [0.1, 0.15) is 18.1 Å². The second-order valence-corrected chi connectivity index (χ2v) is 9.73. The topological polar surface area (TPSA) is 57.2 Å². The maximum atomic E-state index is 12.6. The number of hydrogen-bond acceptors (Lipinski definition) is 6. The van der Waals surface area contributed by atoms with Crippen molar-refractivity contribution in [2.24, 2.45) is 0 Å². The molecular formula is C34H33NO5. The first-order valence-electron chi connectivity index (χ1n) is 13.4. The Labute approximate surface area is 235 Å². The zero-order chi connectivity index (χ0) is 27.9. The highest BCUT2D eigenvalue weighted by Crippen LogP contribution is 2.40. The summed E-state index contributed by atoms with van der Waals surface area (Å²) < 4.78 is 22.8. The number of carbonyl (C=O) groups is 1. The van der Waals surface area contributed by atoms with Crippen LogP contribution in [0.5, 0.6) is 23.0 Å². The highest BCUT2D eigenvalue weighted by Gasteiger charge is 2.18. The number of hydrogen-bond donors (Lipinski definition) is 0. The lowest BCUT2D eigenvalue weighted by Gasteiger charge is -2.18. The molecule has 204 valence electrons. The van der Waals surface area contributed by atoms with Crippen molar-refractivity contribution in [3.63, 3.8) is 0 Å². The third-order valence-electron chi connectivity index (χ3n) is 6.69. The zero-order valence-electron chi connectivity index (χ0n) is 23.1. The van der Waals surface area contributed by atoms with Crippen molar-refractivity contribution in [1.82, 2.24) is 4.90 Å². The number of rotatable bonds is 10. The van der Waals surface area contributed by atoms with E-state index < -0.39 is 0 Å². The second-order valence-electron chi connectivity index (χ2n) is 9.73. The summed E-state index contributed by atoms with van der Waals surface area (Å²) in [6.07, 6.45) is 0.792. The van der Waals surface area contributed by atoms with Crippen LogP contribution < -0.4 is 18.9 Å². The van der Waals surface area contributed by atoms with Crippen LogP contribution >= 0.6 is 0 Å². The SMILES string of the molecule is CC/C(=C(/c1ccc(OCCN(C)C)cc1)c1ccc(OC(=O)c2ccccc2)cc1)c1ccc2c(c1)OCO2. The van der Waals surface area contributed by atoms with Crippen molar-refractivity contribution in [3.8, 4) is 23.0 Å². The highest BCUT2D eigenvalue weighted by atomic mass is 16.7. The Bertz CT molecular complexity index is 1480. The van der Waals surface area contributed by atoms with Crippen molar-refractivity contribution in [1.29, 1.82) is 0 Å². The van der Waals surface area contributed by atoms with Crippen molar-refractivity contribution < 1.29 is 23.7 Å². The van der Waals surface area contributed by atoms with Gasteiger partial charge in [-0.3, -0.25) is 0 Å². The Morgan fingerprint density at radius 1 is 0.750 bits per heavy atom. The van der Waals surface area contributed by atoms with E-state index in [2.05, 4.69) is 30.0 Å². The van der Waals surface area contributed by atoms with Crippen molar-refractivity contribution >= 4 is 17.1 Å². The van der Waals surface area contributed by atoms with Gasteiger partial charge in [0.2, 0.25) is 6.79 Å². The number of allylic oxidation sites excluding steroid dienone is 1. The predicted octanol–water partition coefficient (Wildman–Crippen LogP) is 6.94. The van der Waals surface area contributed by atoms with E-state index >= 15 is 0 Å². The minimum atomic E-state index is -0.386. The van der Waals surface area contributed by atoms with Crippen LogP contribution in [0.1, 0.15) is 40.4 Å². The van der Waals surface area contributed by atoms with Crippen LogP contribution in [0.2, 0.25) is 0 Å². The number of ether oxygens (including phenoxy) is 4. The minimum absolute atomic E-state index is 0.231. The summed E-state index contributed by atoms with van der Waals surface area (Å²) in [5.41, 5.74) is 5.89. The molecule has 0 N–H and O–H groups in total. The van der Waals surface area contributed by atoms with Crippen molar-refractivity contribution in [3.05, 3.63) is 119 Å². The average Bonchev–Trinajstić information content (AvgIpc) is 3.45. The average molecular weight is 536 g/mol. The first-order chi connectivity index (χ1) is 19.5. The van der Waals surface area contributed by atoms with E-state index in [0.717, 1.165) is 58.1 Å². The van der Waals surface area contributed by atoms with E-state index in [4.69, 9.17) is 18.9 Å². The number of esters is 1. The summed E-state index contributed by atoms with van der Waals surface area (Å²) in [5, 5.41) is 0. The van der Waals surface area contributed by atoms with Gasteiger partial charge in [0.05, 0.1) is 5.56 Å². The smallest absolute Gasteiger partial charge is 0.343 e. The number of nitrogens with zero attached hydrogens (tertiary/aromatic N) is 1. The quantitative estimate of drug-likeness (QED) is 0.125. The van der Waals surface area contributed by atoms with Gasteiger partial charge in [0, 0.05) is 6.54 Å². The van der Waals surface area contributed by atoms with Crippen LogP contribution in [0.4, 0.5) is 0 Å². The lowest BCUT2D eigenvalue weighted by molar-refractivity contribution is 0.0734. The fraction of sp³-hybridized carbons (Fsp3) is 0.206. The Kier molecular flexibility index (Phi) is 8.47. The first kappa shape index (κ1) is 27.0. The van der Waals surface area contributed by atoms with Crippen molar-refractivity contribution in [2.45, 2.75) is 13.3 Å².